The molecule has 0 fully saturated rings. The van der Waals surface area contributed by atoms with Crippen molar-refractivity contribution in [1.82, 2.24) is 9.55 Å². The molecule has 0 radical (unpaired) electrons. The molecule has 4 heteroatoms. The monoisotopic (exact) mass is 243 g/mol. The number of imidazole rings is 1. The van der Waals surface area contributed by atoms with Gasteiger partial charge in [0.2, 0.25) is 0 Å². The third-order valence-corrected chi connectivity index (χ3v) is 3.01. The van der Waals surface area contributed by atoms with Crippen LogP contribution in [0.3, 0.4) is 0 Å². The van der Waals surface area contributed by atoms with Gasteiger partial charge in [-0.3, -0.25) is 0 Å². The maximum atomic E-state index is 9.37. The average molecular weight is 243 g/mol. The maximum Gasteiger partial charge on any atom is 0.189 e. The number of fused-ring (bicyclic) bond motifs is 1. The highest BCUT2D eigenvalue weighted by Gasteiger charge is 2.10. The lowest BCUT2D eigenvalue weighted by Crippen LogP contribution is -2.06. The second kappa shape index (κ2) is 5.19. The molecule has 0 aliphatic heterocycles. The molecule has 4 nitrogen and oxygen atoms in total. The summed E-state index contributed by atoms with van der Waals surface area (Å²) in [4.78, 5) is 7.79. The summed E-state index contributed by atoms with van der Waals surface area (Å²) in [5.41, 5.74) is 2.36. The van der Waals surface area contributed by atoms with Gasteiger partial charge in [0.25, 0.3) is 0 Å². The van der Waals surface area contributed by atoms with Gasteiger partial charge >= 0.3 is 0 Å². The minimum atomic E-state index is -0.0693. The van der Waals surface area contributed by atoms with Crippen LogP contribution < -0.4 is 0 Å². The molecule has 0 saturated heterocycles. The van der Waals surface area contributed by atoms with Crippen molar-refractivity contribution < 1.29 is 5.11 Å². The lowest BCUT2D eigenvalue weighted by Gasteiger charge is -2.09. The van der Waals surface area contributed by atoms with Crippen LogP contribution in [0, 0.1) is 12.5 Å². The molecular weight excluding hydrogens is 226 g/mol. The normalized spacial score (nSPS) is 11.1. The van der Waals surface area contributed by atoms with Crippen molar-refractivity contribution in [3.8, 4) is 0 Å². The molecule has 18 heavy (non-hydrogen) atoms. The summed E-state index contributed by atoms with van der Waals surface area (Å²) in [6.45, 7) is 12.1. The Morgan fingerprint density at radius 2 is 2.22 bits per heavy atom. The Bertz CT molecular complexity index is 593. The quantitative estimate of drug-likeness (QED) is 0.838. The molecule has 1 heterocycles. The summed E-state index contributed by atoms with van der Waals surface area (Å²) in [5, 5.41) is 9.37. The van der Waals surface area contributed by atoms with Gasteiger partial charge in [0.1, 0.15) is 12.4 Å². The van der Waals surface area contributed by atoms with E-state index in [2.05, 4.69) is 23.7 Å². The van der Waals surface area contributed by atoms with E-state index in [0.717, 1.165) is 24.0 Å². The van der Waals surface area contributed by atoms with Crippen molar-refractivity contribution >= 4 is 16.7 Å². The molecule has 0 aliphatic rings. The van der Waals surface area contributed by atoms with Crippen molar-refractivity contribution in [3.05, 3.63) is 35.4 Å². The molecule has 0 saturated carbocycles. The van der Waals surface area contributed by atoms with E-state index in [-0.39, 0.29) is 6.61 Å². The first-order chi connectivity index (χ1) is 8.65. The number of hydrogen-bond donors (Lipinski definition) is 1. The molecular formula is C14H17N3O. The van der Waals surface area contributed by atoms with Crippen LogP contribution >= 0.6 is 0 Å². The summed E-state index contributed by atoms with van der Waals surface area (Å²) >= 11 is 0. The first-order valence-corrected chi connectivity index (χ1v) is 6.13. The van der Waals surface area contributed by atoms with Crippen LogP contribution in [0.4, 0.5) is 5.69 Å². The third-order valence-electron chi connectivity index (χ3n) is 3.01. The molecule has 2 rings (SSSR count). The number of hydrogen-bond acceptors (Lipinski definition) is 2. The second-order valence-corrected chi connectivity index (χ2v) is 4.81. The SMILES string of the molecule is [C-]#[N+]c1ccc2c(c1)nc(CO)n2CCC(C)C. The molecule has 1 aromatic carbocycles. The van der Waals surface area contributed by atoms with E-state index in [4.69, 9.17) is 6.57 Å². The average Bonchev–Trinajstić information content (AvgIpc) is 2.72. The van der Waals surface area contributed by atoms with E-state index in [9.17, 15) is 5.11 Å². The van der Waals surface area contributed by atoms with E-state index >= 15 is 0 Å². The molecule has 2 aromatic rings. The zero-order valence-electron chi connectivity index (χ0n) is 10.7. The van der Waals surface area contributed by atoms with E-state index in [0.29, 0.717) is 17.4 Å². The van der Waals surface area contributed by atoms with Crippen molar-refractivity contribution in [3.63, 3.8) is 0 Å². The highest BCUT2D eigenvalue weighted by atomic mass is 16.3. The third kappa shape index (κ3) is 2.36. The van der Waals surface area contributed by atoms with Crippen molar-refractivity contribution in [2.45, 2.75) is 33.4 Å². The Morgan fingerprint density at radius 3 is 2.83 bits per heavy atom. The Morgan fingerprint density at radius 1 is 1.44 bits per heavy atom. The van der Waals surface area contributed by atoms with Gasteiger partial charge in [0.05, 0.1) is 17.6 Å². The predicted octanol–water partition coefficient (Wildman–Crippen LogP) is 3.13. The molecule has 0 atom stereocenters. The zero-order valence-corrected chi connectivity index (χ0v) is 10.7. The summed E-state index contributed by atoms with van der Waals surface area (Å²) < 4.78 is 2.04. The van der Waals surface area contributed by atoms with E-state index in [1.807, 2.05) is 10.6 Å². The lowest BCUT2D eigenvalue weighted by atomic mass is 10.1. The van der Waals surface area contributed by atoms with Gasteiger partial charge in [-0.15, -0.1) is 0 Å². The number of aryl methyl sites for hydroxylation is 1. The van der Waals surface area contributed by atoms with Gasteiger partial charge in [-0.05, 0) is 24.5 Å². The van der Waals surface area contributed by atoms with Gasteiger partial charge in [-0.1, -0.05) is 19.9 Å². The van der Waals surface area contributed by atoms with Crippen LogP contribution in [0.15, 0.2) is 18.2 Å². The van der Waals surface area contributed by atoms with Crippen molar-refractivity contribution in [2.24, 2.45) is 5.92 Å². The van der Waals surface area contributed by atoms with Gasteiger partial charge < -0.3 is 9.67 Å². The fourth-order valence-corrected chi connectivity index (χ4v) is 2.00. The van der Waals surface area contributed by atoms with Crippen LogP contribution in [-0.2, 0) is 13.2 Å². The van der Waals surface area contributed by atoms with Crippen molar-refractivity contribution in [1.29, 1.82) is 0 Å². The minimum Gasteiger partial charge on any atom is -0.388 e. The van der Waals surface area contributed by atoms with E-state index < -0.39 is 0 Å². The predicted molar refractivity (Wildman–Crippen MR) is 71.4 cm³/mol. The Hall–Kier alpha value is -1.86. The standard InChI is InChI=1S/C14H17N3O/c1-10(2)6-7-17-13-5-4-11(15-3)8-12(13)16-14(17)9-18/h4-5,8,10,18H,6-7,9H2,1-2H3. The molecule has 1 aromatic heterocycles. The Labute approximate surface area is 107 Å². The first kappa shape index (κ1) is 12.6. The van der Waals surface area contributed by atoms with Crippen LogP contribution in [-0.4, -0.2) is 14.7 Å². The Balaban J connectivity index is 2.46. The number of aliphatic hydroxyl groups excluding tert-OH is 1. The minimum absolute atomic E-state index is 0.0693. The summed E-state index contributed by atoms with van der Waals surface area (Å²) in [6, 6.07) is 5.48. The lowest BCUT2D eigenvalue weighted by molar-refractivity contribution is 0.264. The number of aliphatic hydroxyl groups is 1. The highest BCUT2D eigenvalue weighted by Crippen LogP contribution is 2.23. The van der Waals surface area contributed by atoms with Gasteiger partial charge in [0, 0.05) is 6.54 Å². The summed E-state index contributed by atoms with van der Waals surface area (Å²) in [6.07, 6.45) is 1.04. The van der Waals surface area contributed by atoms with Crippen LogP contribution in [0.1, 0.15) is 26.1 Å². The number of nitrogens with zero attached hydrogens (tertiary/aromatic N) is 3. The van der Waals surface area contributed by atoms with Gasteiger partial charge in [0.15, 0.2) is 5.69 Å². The molecule has 0 bridgehead atoms. The fourth-order valence-electron chi connectivity index (χ4n) is 2.00. The number of rotatable bonds is 4. The van der Waals surface area contributed by atoms with E-state index in [1.165, 1.54) is 0 Å². The number of aromatic nitrogens is 2. The van der Waals surface area contributed by atoms with E-state index in [1.54, 1.807) is 12.1 Å². The van der Waals surface area contributed by atoms with Crippen molar-refractivity contribution in [2.75, 3.05) is 0 Å². The van der Waals surface area contributed by atoms with Crippen LogP contribution in [0.5, 0.6) is 0 Å². The topological polar surface area (TPSA) is 42.4 Å². The molecule has 0 aliphatic carbocycles. The smallest absolute Gasteiger partial charge is 0.189 e. The molecule has 94 valence electrons. The zero-order chi connectivity index (χ0) is 13.1. The molecule has 0 spiro atoms. The summed E-state index contributed by atoms with van der Waals surface area (Å²) in [5.74, 6) is 1.28. The highest BCUT2D eigenvalue weighted by molar-refractivity contribution is 5.80. The molecule has 0 unspecified atom stereocenters. The van der Waals surface area contributed by atoms with Crippen LogP contribution in [0.2, 0.25) is 0 Å². The largest absolute Gasteiger partial charge is 0.388 e. The van der Waals surface area contributed by atoms with Crippen LogP contribution in [0.25, 0.3) is 15.9 Å². The summed E-state index contributed by atoms with van der Waals surface area (Å²) in [7, 11) is 0. The molecule has 1 N–H and O–H groups in total. The van der Waals surface area contributed by atoms with Gasteiger partial charge in [-0.2, -0.15) is 0 Å². The second-order valence-electron chi connectivity index (χ2n) is 4.81. The number of benzene rings is 1. The maximum absolute atomic E-state index is 9.37. The fraction of sp³-hybridized carbons (Fsp3) is 0.429. The molecule has 0 amide bonds. The van der Waals surface area contributed by atoms with Gasteiger partial charge in [-0.25, -0.2) is 9.83 Å². The first-order valence-electron chi connectivity index (χ1n) is 6.13. The Kier molecular flexibility index (Phi) is 3.63.